The summed E-state index contributed by atoms with van der Waals surface area (Å²) in [4.78, 5) is 9.26. The van der Waals surface area contributed by atoms with E-state index in [0.717, 1.165) is 26.9 Å². The van der Waals surface area contributed by atoms with E-state index in [9.17, 15) is 8.42 Å². The van der Waals surface area contributed by atoms with E-state index in [4.69, 9.17) is 0 Å². The number of anilines is 1. The monoisotopic (exact) mass is 395 g/mol. The second-order valence-corrected chi connectivity index (χ2v) is 8.84. The van der Waals surface area contributed by atoms with Crippen LogP contribution in [0.5, 0.6) is 0 Å². The summed E-state index contributed by atoms with van der Waals surface area (Å²) in [5.41, 5.74) is 3.82. The molecule has 2 heterocycles. The SMILES string of the molecule is Cc1ccc(-c2csc3ncnc(NS(=O)(=O)Cc4ccccc4)c23)cc1. The zero-order chi connectivity index (χ0) is 18.9. The maximum atomic E-state index is 12.7. The molecule has 0 amide bonds. The van der Waals surface area contributed by atoms with Gasteiger partial charge in [-0.2, -0.15) is 0 Å². The molecular formula is C20H17N3O2S2. The molecule has 0 saturated carbocycles. The van der Waals surface area contributed by atoms with Gasteiger partial charge in [0, 0.05) is 10.9 Å². The fourth-order valence-corrected chi connectivity index (χ4v) is 4.94. The highest BCUT2D eigenvalue weighted by molar-refractivity contribution is 7.91. The normalized spacial score (nSPS) is 11.6. The summed E-state index contributed by atoms with van der Waals surface area (Å²) >= 11 is 1.47. The fourth-order valence-electron chi connectivity index (χ4n) is 2.88. The van der Waals surface area contributed by atoms with Crippen LogP contribution in [0.4, 0.5) is 5.82 Å². The van der Waals surface area contributed by atoms with E-state index in [1.807, 2.05) is 54.8 Å². The third kappa shape index (κ3) is 3.84. The quantitative estimate of drug-likeness (QED) is 0.536. The maximum absolute atomic E-state index is 12.7. The molecule has 5 nitrogen and oxygen atoms in total. The van der Waals surface area contributed by atoms with Crippen LogP contribution in [0.25, 0.3) is 21.3 Å². The van der Waals surface area contributed by atoms with Gasteiger partial charge >= 0.3 is 0 Å². The standard InChI is InChI=1S/C20H17N3O2S2/c1-14-7-9-16(10-8-14)17-11-26-20-18(17)19(21-13-22-20)23-27(24,25)12-15-5-3-2-4-6-15/h2-11,13H,12H2,1H3,(H,21,22,23). The highest BCUT2D eigenvalue weighted by Gasteiger charge is 2.18. The zero-order valence-electron chi connectivity index (χ0n) is 14.6. The van der Waals surface area contributed by atoms with Crippen LogP contribution < -0.4 is 4.72 Å². The molecule has 2 aromatic carbocycles. The third-order valence-electron chi connectivity index (χ3n) is 4.18. The molecule has 0 bridgehead atoms. The highest BCUT2D eigenvalue weighted by Crippen LogP contribution is 2.36. The smallest absolute Gasteiger partial charge is 0.238 e. The molecule has 0 fully saturated rings. The Morgan fingerprint density at radius 3 is 2.48 bits per heavy atom. The van der Waals surface area contributed by atoms with Crippen molar-refractivity contribution >= 4 is 37.4 Å². The predicted octanol–water partition coefficient (Wildman–Crippen LogP) is 4.61. The molecule has 0 aliphatic rings. The third-order valence-corrected chi connectivity index (χ3v) is 6.29. The molecule has 0 spiro atoms. The van der Waals surface area contributed by atoms with Gasteiger partial charge in [-0.3, -0.25) is 4.72 Å². The summed E-state index contributed by atoms with van der Waals surface area (Å²) in [6.45, 7) is 2.03. The number of aromatic nitrogens is 2. The van der Waals surface area contributed by atoms with E-state index >= 15 is 0 Å². The van der Waals surface area contributed by atoms with Crippen LogP contribution in [0.15, 0.2) is 66.3 Å². The van der Waals surface area contributed by atoms with Crippen LogP contribution in [-0.4, -0.2) is 18.4 Å². The minimum absolute atomic E-state index is 0.108. The lowest BCUT2D eigenvalue weighted by Gasteiger charge is -2.10. The molecule has 0 aliphatic heterocycles. The summed E-state index contributed by atoms with van der Waals surface area (Å²) in [6.07, 6.45) is 1.39. The van der Waals surface area contributed by atoms with Crippen molar-refractivity contribution in [3.8, 4) is 11.1 Å². The summed E-state index contributed by atoms with van der Waals surface area (Å²) in [5.74, 6) is 0.205. The molecule has 0 unspecified atom stereocenters. The number of hydrogen-bond acceptors (Lipinski definition) is 5. The van der Waals surface area contributed by atoms with Gasteiger partial charge in [0.25, 0.3) is 0 Å². The molecule has 4 aromatic rings. The first kappa shape index (κ1) is 17.6. The van der Waals surface area contributed by atoms with Crippen LogP contribution in [0.2, 0.25) is 0 Å². The number of nitrogens with one attached hydrogen (secondary N) is 1. The van der Waals surface area contributed by atoms with Crippen molar-refractivity contribution in [2.45, 2.75) is 12.7 Å². The fraction of sp³-hybridized carbons (Fsp3) is 0.100. The van der Waals surface area contributed by atoms with E-state index < -0.39 is 10.0 Å². The van der Waals surface area contributed by atoms with Crippen molar-refractivity contribution in [3.63, 3.8) is 0 Å². The number of fused-ring (bicyclic) bond motifs is 1. The molecule has 4 rings (SSSR count). The molecule has 2 aromatic heterocycles. The average Bonchev–Trinajstić information content (AvgIpc) is 3.08. The van der Waals surface area contributed by atoms with Gasteiger partial charge in [-0.1, -0.05) is 60.2 Å². The molecular weight excluding hydrogens is 378 g/mol. The Bertz CT molecular complexity index is 1190. The second kappa shape index (κ2) is 7.09. The molecule has 7 heteroatoms. The Labute approximate surface area is 161 Å². The van der Waals surface area contributed by atoms with Crippen LogP contribution in [-0.2, 0) is 15.8 Å². The van der Waals surface area contributed by atoms with Gasteiger partial charge in [0.15, 0.2) is 5.82 Å². The maximum Gasteiger partial charge on any atom is 0.238 e. The summed E-state index contributed by atoms with van der Waals surface area (Å²) in [7, 11) is -3.60. The Morgan fingerprint density at radius 2 is 1.74 bits per heavy atom. The lowest BCUT2D eigenvalue weighted by molar-refractivity contribution is 0.600. The molecule has 0 aliphatic carbocycles. The van der Waals surface area contributed by atoms with Crippen molar-refractivity contribution in [3.05, 3.63) is 77.4 Å². The van der Waals surface area contributed by atoms with E-state index in [1.54, 1.807) is 12.1 Å². The van der Waals surface area contributed by atoms with Crippen molar-refractivity contribution in [2.24, 2.45) is 0 Å². The molecule has 0 radical (unpaired) electrons. The van der Waals surface area contributed by atoms with Crippen LogP contribution in [0.3, 0.4) is 0 Å². The van der Waals surface area contributed by atoms with Crippen LogP contribution in [0.1, 0.15) is 11.1 Å². The Hall–Kier alpha value is -2.77. The summed E-state index contributed by atoms with van der Waals surface area (Å²) < 4.78 is 28.0. The lowest BCUT2D eigenvalue weighted by Crippen LogP contribution is -2.16. The Morgan fingerprint density at radius 1 is 1.00 bits per heavy atom. The van der Waals surface area contributed by atoms with Gasteiger partial charge in [0.05, 0.1) is 11.1 Å². The van der Waals surface area contributed by atoms with Crippen LogP contribution >= 0.6 is 11.3 Å². The van der Waals surface area contributed by atoms with Crippen molar-refractivity contribution in [1.29, 1.82) is 0 Å². The number of thiophene rings is 1. The first-order chi connectivity index (χ1) is 13.0. The van der Waals surface area contributed by atoms with E-state index in [1.165, 1.54) is 23.2 Å². The minimum atomic E-state index is -3.60. The Balaban J connectivity index is 1.74. The highest BCUT2D eigenvalue weighted by atomic mass is 32.2. The van der Waals surface area contributed by atoms with E-state index in [-0.39, 0.29) is 5.75 Å². The second-order valence-electron chi connectivity index (χ2n) is 6.26. The summed E-state index contributed by atoms with van der Waals surface area (Å²) in [6, 6.07) is 17.2. The molecule has 1 N–H and O–H groups in total. The van der Waals surface area contributed by atoms with Gasteiger partial charge in [0.2, 0.25) is 10.0 Å². The topological polar surface area (TPSA) is 72.0 Å². The Kier molecular flexibility index (Phi) is 4.63. The summed E-state index contributed by atoms with van der Waals surface area (Å²) in [5, 5.41) is 2.71. The van der Waals surface area contributed by atoms with E-state index in [0.29, 0.717) is 5.82 Å². The number of aryl methyl sites for hydroxylation is 1. The average molecular weight is 396 g/mol. The minimum Gasteiger partial charge on any atom is -0.266 e. The number of nitrogens with zero attached hydrogens (tertiary/aromatic N) is 2. The van der Waals surface area contributed by atoms with Gasteiger partial charge in [0.1, 0.15) is 11.2 Å². The molecule has 0 saturated heterocycles. The number of rotatable bonds is 5. The number of hydrogen-bond donors (Lipinski definition) is 1. The van der Waals surface area contributed by atoms with Crippen molar-refractivity contribution < 1.29 is 8.42 Å². The number of sulfonamides is 1. The zero-order valence-corrected chi connectivity index (χ0v) is 16.2. The van der Waals surface area contributed by atoms with Gasteiger partial charge in [-0.15, -0.1) is 11.3 Å². The van der Waals surface area contributed by atoms with Crippen molar-refractivity contribution in [2.75, 3.05) is 4.72 Å². The first-order valence-corrected chi connectivity index (χ1v) is 10.9. The van der Waals surface area contributed by atoms with E-state index in [2.05, 4.69) is 14.7 Å². The predicted molar refractivity (Wildman–Crippen MR) is 110 cm³/mol. The van der Waals surface area contributed by atoms with Gasteiger partial charge in [-0.05, 0) is 18.1 Å². The molecule has 136 valence electrons. The largest absolute Gasteiger partial charge is 0.266 e. The van der Waals surface area contributed by atoms with Gasteiger partial charge < -0.3 is 0 Å². The van der Waals surface area contributed by atoms with Crippen LogP contribution in [0, 0.1) is 6.92 Å². The van der Waals surface area contributed by atoms with Crippen molar-refractivity contribution in [1.82, 2.24) is 9.97 Å². The van der Waals surface area contributed by atoms with Gasteiger partial charge in [-0.25, -0.2) is 18.4 Å². The number of benzene rings is 2. The lowest BCUT2D eigenvalue weighted by atomic mass is 10.0. The molecule has 0 atom stereocenters. The first-order valence-electron chi connectivity index (χ1n) is 8.35. The molecule has 27 heavy (non-hydrogen) atoms.